The van der Waals surface area contributed by atoms with Crippen LogP contribution in [0.25, 0.3) is 0 Å². The van der Waals surface area contributed by atoms with Crippen molar-refractivity contribution in [3.63, 3.8) is 0 Å². The molecule has 0 amide bonds. The van der Waals surface area contributed by atoms with Gasteiger partial charge in [-0.3, -0.25) is 9.69 Å². The van der Waals surface area contributed by atoms with E-state index in [1.807, 2.05) is 30.3 Å². The predicted molar refractivity (Wildman–Crippen MR) is 94.5 cm³/mol. The summed E-state index contributed by atoms with van der Waals surface area (Å²) < 4.78 is 15.3. The molecule has 1 aliphatic carbocycles. The number of carbonyl (C=O) groups excluding carboxylic acids is 1. The highest BCUT2D eigenvalue weighted by molar-refractivity contribution is 5.97. The molecule has 2 fully saturated rings. The first-order valence-electron chi connectivity index (χ1n) is 8.81. The number of Topliss-reactive ketones (excluding diaryl/α,β-unsaturated/α-hetero) is 1. The largest absolute Gasteiger partial charge is 0.508 e. The number of likely N-dealkylation sites (tertiary alicyclic amines) is 1. The molecule has 0 bridgehead atoms. The molecule has 130 valence electrons. The molecule has 1 saturated heterocycles. The average Bonchev–Trinajstić information content (AvgIpc) is 2.94. The van der Waals surface area contributed by atoms with Gasteiger partial charge in [0.1, 0.15) is 11.4 Å². The number of alkyl halides is 1. The van der Waals surface area contributed by atoms with Crippen LogP contribution in [0.15, 0.2) is 54.6 Å². The minimum atomic E-state index is -1.14. The molecule has 25 heavy (non-hydrogen) atoms. The molecule has 0 radical (unpaired) electrons. The minimum absolute atomic E-state index is 0.0221. The first-order chi connectivity index (χ1) is 12.0. The Bertz CT molecular complexity index is 761. The van der Waals surface area contributed by atoms with Crippen molar-refractivity contribution in [3.8, 4) is 5.75 Å². The number of phenolic OH excluding ortho intramolecular Hbond substituents is 1. The zero-order valence-electron chi connectivity index (χ0n) is 14.1. The Balaban J connectivity index is 1.37. The summed E-state index contributed by atoms with van der Waals surface area (Å²) in [5, 5.41) is 9.32. The number of hydrogen-bond donors (Lipinski definition) is 1. The number of ketones is 1. The molecule has 3 nitrogen and oxygen atoms in total. The summed E-state index contributed by atoms with van der Waals surface area (Å²) in [5.41, 5.74) is 0.498. The van der Waals surface area contributed by atoms with Crippen molar-refractivity contribution in [1.29, 1.82) is 0 Å². The summed E-state index contributed by atoms with van der Waals surface area (Å²) in [4.78, 5) is 14.5. The van der Waals surface area contributed by atoms with Gasteiger partial charge in [-0.25, -0.2) is 4.39 Å². The number of nitrogens with zero attached hydrogens (tertiary/aromatic N) is 1. The second kappa shape index (κ2) is 6.26. The van der Waals surface area contributed by atoms with E-state index >= 15 is 4.39 Å². The molecule has 1 N–H and O–H groups in total. The van der Waals surface area contributed by atoms with Crippen molar-refractivity contribution < 1.29 is 14.3 Å². The standard InChI is InChI=1S/C21H22FNO2/c22-21(10-15-4-2-1-3-5-15)11-17-12-23(13-19(17)21)14-20(25)16-6-8-18(24)9-7-16/h1-9,17,19,24H,10-14H2/t17-,19?,21-/m1/s1. The van der Waals surface area contributed by atoms with E-state index in [0.29, 0.717) is 37.4 Å². The highest BCUT2D eigenvalue weighted by Crippen LogP contribution is 2.52. The molecule has 4 rings (SSSR count). The molecule has 1 heterocycles. The van der Waals surface area contributed by atoms with Crippen LogP contribution in [0, 0.1) is 11.8 Å². The summed E-state index contributed by atoms with van der Waals surface area (Å²) >= 11 is 0. The molecule has 0 aromatic heterocycles. The van der Waals surface area contributed by atoms with E-state index in [1.165, 1.54) is 12.1 Å². The van der Waals surface area contributed by atoms with Crippen LogP contribution >= 0.6 is 0 Å². The lowest BCUT2D eigenvalue weighted by Crippen LogP contribution is -2.51. The Kier molecular flexibility index (Phi) is 4.08. The zero-order valence-corrected chi connectivity index (χ0v) is 14.1. The number of aromatic hydroxyl groups is 1. The van der Waals surface area contributed by atoms with E-state index in [0.717, 1.165) is 12.1 Å². The summed E-state index contributed by atoms with van der Waals surface area (Å²) in [6.45, 7) is 1.77. The third-order valence-electron chi connectivity index (χ3n) is 5.68. The van der Waals surface area contributed by atoms with Crippen molar-refractivity contribution in [2.45, 2.75) is 18.5 Å². The molecule has 2 aromatic carbocycles. The van der Waals surface area contributed by atoms with Gasteiger partial charge in [0.25, 0.3) is 0 Å². The van der Waals surface area contributed by atoms with Gasteiger partial charge in [0.15, 0.2) is 5.78 Å². The van der Waals surface area contributed by atoms with E-state index < -0.39 is 5.67 Å². The van der Waals surface area contributed by atoms with Crippen LogP contribution in [0.5, 0.6) is 5.75 Å². The minimum Gasteiger partial charge on any atom is -0.508 e. The van der Waals surface area contributed by atoms with Crippen LogP contribution in [0.4, 0.5) is 4.39 Å². The topological polar surface area (TPSA) is 40.5 Å². The van der Waals surface area contributed by atoms with Crippen molar-refractivity contribution in [2.24, 2.45) is 11.8 Å². The Morgan fingerprint density at radius 3 is 2.56 bits per heavy atom. The van der Waals surface area contributed by atoms with Crippen LogP contribution in [0.2, 0.25) is 0 Å². The molecular weight excluding hydrogens is 317 g/mol. The fraction of sp³-hybridized carbons (Fsp3) is 0.381. The van der Waals surface area contributed by atoms with E-state index in [4.69, 9.17) is 0 Å². The summed E-state index contributed by atoms with van der Waals surface area (Å²) in [7, 11) is 0. The second-order valence-electron chi connectivity index (χ2n) is 7.43. The second-order valence-corrected chi connectivity index (χ2v) is 7.43. The number of benzene rings is 2. The Hall–Kier alpha value is -2.20. The fourth-order valence-corrected chi connectivity index (χ4v) is 4.39. The number of hydrogen-bond acceptors (Lipinski definition) is 3. The molecule has 4 heteroatoms. The Labute approximate surface area is 147 Å². The lowest BCUT2D eigenvalue weighted by molar-refractivity contribution is -0.0444. The van der Waals surface area contributed by atoms with E-state index in [-0.39, 0.29) is 17.5 Å². The number of fused-ring (bicyclic) bond motifs is 1. The molecule has 2 aliphatic rings. The highest BCUT2D eigenvalue weighted by Gasteiger charge is 2.58. The molecule has 3 atom stereocenters. The molecule has 1 unspecified atom stereocenters. The zero-order chi connectivity index (χ0) is 17.4. The summed E-state index contributed by atoms with van der Waals surface area (Å²) in [6, 6.07) is 16.1. The van der Waals surface area contributed by atoms with E-state index in [9.17, 15) is 9.90 Å². The van der Waals surface area contributed by atoms with Crippen LogP contribution in [0.1, 0.15) is 22.3 Å². The van der Waals surface area contributed by atoms with Crippen LogP contribution in [-0.4, -0.2) is 41.1 Å². The third kappa shape index (κ3) is 3.19. The first-order valence-corrected chi connectivity index (χ1v) is 8.81. The van der Waals surface area contributed by atoms with Crippen molar-refractivity contribution in [1.82, 2.24) is 4.90 Å². The number of rotatable bonds is 5. The van der Waals surface area contributed by atoms with Gasteiger partial charge >= 0.3 is 0 Å². The maximum atomic E-state index is 15.3. The van der Waals surface area contributed by atoms with Gasteiger partial charge in [0, 0.05) is 31.0 Å². The third-order valence-corrected chi connectivity index (χ3v) is 5.68. The van der Waals surface area contributed by atoms with Gasteiger partial charge in [-0.1, -0.05) is 30.3 Å². The van der Waals surface area contributed by atoms with Crippen molar-refractivity contribution >= 4 is 5.78 Å². The van der Waals surface area contributed by atoms with Crippen LogP contribution in [-0.2, 0) is 6.42 Å². The number of carbonyl (C=O) groups is 1. The molecule has 0 spiro atoms. The maximum Gasteiger partial charge on any atom is 0.176 e. The van der Waals surface area contributed by atoms with E-state index in [1.54, 1.807) is 12.1 Å². The molecule has 2 aromatic rings. The smallest absolute Gasteiger partial charge is 0.176 e. The lowest BCUT2D eigenvalue weighted by atomic mass is 9.62. The van der Waals surface area contributed by atoms with Gasteiger partial charge in [-0.15, -0.1) is 0 Å². The number of phenols is 1. The van der Waals surface area contributed by atoms with Crippen molar-refractivity contribution in [3.05, 3.63) is 65.7 Å². The monoisotopic (exact) mass is 339 g/mol. The van der Waals surface area contributed by atoms with Crippen molar-refractivity contribution in [2.75, 3.05) is 19.6 Å². The first kappa shape index (κ1) is 16.3. The quantitative estimate of drug-likeness (QED) is 0.848. The predicted octanol–water partition coefficient (Wildman–Crippen LogP) is 3.48. The van der Waals surface area contributed by atoms with Gasteiger partial charge in [-0.05, 0) is 42.2 Å². The van der Waals surface area contributed by atoms with Gasteiger partial charge in [0.2, 0.25) is 0 Å². The van der Waals surface area contributed by atoms with Crippen LogP contribution < -0.4 is 0 Å². The number of halogens is 1. The van der Waals surface area contributed by atoms with E-state index in [2.05, 4.69) is 4.90 Å². The SMILES string of the molecule is O=C(CN1CC2[C@@H](C1)C[C@]2(F)Cc1ccccc1)c1ccc(O)cc1. The van der Waals surface area contributed by atoms with Gasteiger partial charge < -0.3 is 5.11 Å². The molecular formula is C21H22FNO2. The van der Waals surface area contributed by atoms with Gasteiger partial charge in [-0.2, -0.15) is 0 Å². The normalized spacial score (nSPS) is 28.4. The Morgan fingerprint density at radius 2 is 1.84 bits per heavy atom. The van der Waals surface area contributed by atoms with Crippen LogP contribution in [0.3, 0.4) is 0 Å². The highest BCUT2D eigenvalue weighted by atomic mass is 19.1. The summed E-state index contributed by atoms with van der Waals surface area (Å²) in [6.07, 6.45) is 1.06. The summed E-state index contributed by atoms with van der Waals surface area (Å²) in [5.74, 6) is 0.564. The Morgan fingerprint density at radius 1 is 1.12 bits per heavy atom. The molecule has 1 saturated carbocycles. The molecule has 1 aliphatic heterocycles. The average molecular weight is 339 g/mol. The lowest BCUT2D eigenvalue weighted by Gasteiger charge is -2.46. The fourth-order valence-electron chi connectivity index (χ4n) is 4.39. The maximum absolute atomic E-state index is 15.3. The van der Waals surface area contributed by atoms with Gasteiger partial charge in [0.05, 0.1) is 6.54 Å².